The van der Waals surface area contributed by atoms with Crippen LogP contribution in [0.1, 0.15) is 29.5 Å². The topological polar surface area (TPSA) is 63.3 Å². The van der Waals surface area contributed by atoms with Crippen LogP contribution in [0.25, 0.3) is 5.57 Å². The third-order valence-electron chi connectivity index (χ3n) is 3.85. The molecular formula is C17H15NO2. The van der Waals surface area contributed by atoms with Crippen molar-refractivity contribution in [3.8, 4) is 0 Å². The van der Waals surface area contributed by atoms with E-state index in [1.807, 2.05) is 55.5 Å². The van der Waals surface area contributed by atoms with Crippen molar-refractivity contribution in [3.63, 3.8) is 0 Å². The Morgan fingerprint density at radius 3 is 2.50 bits per heavy atom. The molecule has 3 N–H and O–H groups in total. The Balaban J connectivity index is 2.26. The summed E-state index contributed by atoms with van der Waals surface area (Å²) in [5.74, 6) is -1.11. The van der Waals surface area contributed by atoms with E-state index in [4.69, 9.17) is 5.73 Å². The molecule has 3 rings (SSSR count). The van der Waals surface area contributed by atoms with Gasteiger partial charge in [0.2, 0.25) is 0 Å². The van der Waals surface area contributed by atoms with Crippen molar-refractivity contribution >= 4 is 17.2 Å². The molecule has 0 bridgehead atoms. The number of benzene rings is 2. The van der Waals surface area contributed by atoms with Gasteiger partial charge in [-0.2, -0.15) is 0 Å². The molecule has 0 radical (unpaired) electrons. The summed E-state index contributed by atoms with van der Waals surface area (Å²) in [6, 6.07) is 15.3. The van der Waals surface area contributed by atoms with E-state index in [0.717, 1.165) is 22.3 Å². The van der Waals surface area contributed by atoms with Crippen LogP contribution in [0.4, 0.5) is 5.69 Å². The molecule has 0 saturated carbocycles. The van der Waals surface area contributed by atoms with Gasteiger partial charge < -0.3 is 10.8 Å². The molecule has 1 atom stereocenters. The summed E-state index contributed by atoms with van der Waals surface area (Å²) in [6.45, 7) is 1.86. The van der Waals surface area contributed by atoms with E-state index in [1.165, 1.54) is 0 Å². The second kappa shape index (κ2) is 4.53. The van der Waals surface area contributed by atoms with Crippen molar-refractivity contribution in [3.05, 3.63) is 70.8 Å². The molecule has 3 nitrogen and oxygen atoms in total. The van der Waals surface area contributed by atoms with Crippen LogP contribution >= 0.6 is 0 Å². The lowest BCUT2D eigenvalue weighted by Crippen LogP contribution is -2.09. The molecule has 1 unspecified atom stereocenters. The summed E-state index contributed by atoms with van der Waals surface area (Å²) < 4.78 is 0. The molecule has 0 amide bonds. The van der Waals surface area contributed by atoms with E-state index in [1.54, 1.807) is 0 Å². The Labute approximate surface area is 117 Å². The number of anilines is 1. The molecule has 2 aromatic carbocycles. The van der Waals surface area contributed by atoms with Gasteiger partial charge in [0.05, 0.1) is 5.57 Å². The molecular weight excluding hydrogens is 250 g/mol. The van der Waals surface area contributed by atoms with Gasteiger partial charge in [-0.05, 0) is 41.3 Å². The van der Waals surface area contributed by atoms with Gasteiger partial charge in [-0.15, -0.1) is 0 Å². The van der Waals surface area contributed by atoms with Gasteiger partial charge in [-0.1, -0.05) is 36.4 Å². The van der Waals surface area contributed by atoms with Gasteiger partial charge in [0.25, 0.3) is 0 Å². The Kier molecular flexibility index (Phi) is 2.83. The maximum absolute atomic E-state index is 11.7. The predicted octanol–water partition coefficient (Wildman–Crippen LogP) is 3.27. The van der Waals surface area contributed by atoms with Crippen LogP contribution in [0, 0.1) is 0 Å². The second-order valence-electron chi connectivity index (χ2n) is 5.03. The molecule has 0 fully saturated rings. The number of hydrogen-bond acceptors (Lipinski definition) is 2. The molecule has 1 aliphatic carbocycles. The SMILES string of the molecule is CC1=C(C(=O)O)C(c2ccccc2)c2cc(N)ccc21. The average molecular weight is 265 g/mol. The number of carboxylic acids is 1. The quantitative estimate of drug-likeness (QED) is 0.819. The van der Waals surface area contributed by atoms with Gasteiger partial charge in [0.15, 0.2) is 0 Å². The van der Waals surface area contributed by atoms with Gasteiger partial charge in [0.1, 0.15) is 0 Å². The van der Waals surface area contributed by atoms with Crippen LogP contribution in [-0.4, -0.2) is 11.1 Å². The number of nitrogen functional groups attached to an aromatic ring is 1. The van der Waals surface area contributed by atoms with E-state index >= 15 is 0 Å². The Morgan fingerprint density at radius 1 is 1.15 bits per heavy atom. The number of carbonyl (C=O) groups is 1. The summed E-state index contributed by atoms with van der Waals surface area (Å²) in [5.41, 5.74) is 10.7. The molecule has 0 aromatic heterocycles. The van der Waals surface area contributed by atoms with Crippen LogP contribution in [0.2, 0.25) is 0 Å². The highest BCUT2D eigenvalue weighted by Crippen LogP contribution is 2.46. The van der Waals surface area contributed by atoms with Gasteiger partial charge >= 0.3 is 5.97 Å². The lowest BCUT2D eigenvalue weighted by molar-refractivity contribution is -0.132. The maximum Gasteiger partial charge on any atom is 0.332 e. The summed E-state index contributed by atoms with van der Waals surface area (Å²) in [6.07, 6.45) is 0. The van der Waals surface area contributed by atoms with E-state index in [2.05, 4.69) is 0 Å². The van der Waals surface area contributed by atoms with E-state index in [9.17, 15) is 9.90 Å². The number of nitrogens with two attached hydrogens (primary N) is 1. The lowest BCUT2D eigenvalue weighted by Gasteiger charge is -2.15. The summed E-state index contributed by atoms with van der Waals surface area (Å²) in [7, 11) is 0. The summed E-state index contributed by atoms with van der Waals surface area (Å²) >= 11 is 0. The fourth-order valence-electron chi connectivity index (χ4n) is 2.95. The molecule has 100 valence electrons. The average Bonchev–Trinajstić information content (AvgIpc) is 2.72. The third-order valence-corrected chi connectivity index (χ3v) is 3.85. The summed E-state index contributed by atoms with van der Waals surface area (Å²) in [4.78, 5) is 11.7. The van der Waals surface area contributed by atoms with Crippen molar-refractivity contribution < 1.29 is 9.90 Å². The smallest absolute Gasteiger partial charge is 0.332 e. The van der Waals surface area contributed by atoms with Gasteiger partial charge in [-0.25, -0.2) is 4.79 Å². The summed E-state index contributed by atoms with van der Waals surface area (Å²) in [5, 5.41) is 9.57. The number of hydrogen-bond donors (Lipinski definition) is 2. The zero-order valence-corrected chi connectivity index (χ0v) is 11.1. The van der Waals surface area contributed by atoms with Crippen LogP contribution in [0.3, 0.4) is 0 Å². The van der Waals surface area contributed by atoms with Crippen LogP contribution < -0.4 is 5.73 Å². The number of aliphatic carboxylic acids is 1. The maximum atomic E-state index is 11.7. The minimum absolute atomic E-state index is 0.243. The highest BCUT2D eigenvalue weighted by molar-refractivity contribution is 6.02. The first-order chi connectivity index (χ1) is 9.59. The van der Waals surface area contributed by atoms with E-state index in [0.29, 0.717) is 11.3 Å². The molecule has 0 heterocycles. The first-order valence-corrected chi connectivity index (χ1v) is 6.48. The first-order valence-electron chi connectivity index (χ1n) is 6.48. The molecule has 0 aliphatic heterocycles. The molecule has 1 aliphatic rings. The highest BCUT2D eigenvalue weighted by Gasteiger charge is 2.34. The molecule has 2 aromatic rings. The predicted molar refractivity (Wildman–Crippen MR) is 79.4 cm³/mol. The van der Waals surface area contributed by atoms with Crippen LogP contribution in [0.15, 0.2) is 54.1 Å². The monoisotopic (exact) mass is 265 g/mol. The zero-order chi connectivity index (χ0) is 14.3. The molecule has 0 spiro atoms. The zero-order valence-electron chi connectivity index (χ0n) is 11.1. The van der Waals surface area contributed by atoms with Gasteiger partial charge in [-0.3, -0.25) is 0 Å². The lowest BCUT2D eigenvalue weighted by atomic mass is 9.88. The second-order valence-corrected chi connectivity index (χ2v) is 5.03. The largest absolute Gasteiger partial charge is 0.478 e. The fraction of sp³-hybridized carbons (Fsp3) is 0.118. The van der Waals surface area contributed by atoms with Gasteiger partial charge in [0, 0.05) is 11.6 Å². The van der Waals surface area contributed by atoms with Crippen molar-refractivity contribution in [2.24, 2.45) is 0 Å². The number of carboxylic acid groups (broad SMARTS) is 1. The Morgan fingerprint density at radius 2 is 1.85 bits per heavy atom. The van der Waals surface area contributed by atoms with Crippen molar-refractivity contribution in [2.45, 2.75) is 12.8 Å². The minimum atomic E-state index is -0.869. The van der Waals surface area contributed by atoms with Crippen LogP contribution in [0.5, 0.6) is 0 Å². The van der Waals surface area contributed by atoms with Crippen molar-refractivity contribution in [2.75, 3.05) is 5.73 Å². The van der Waals surface area contributed by atoms with Crippen molar-refractivity contribution in [1.29, 1.82) is 0 Å². The van der Waals surface area contributed by atoms with Crippen LogP contribution in [-0.2, 0) is 4.79 Å². The van der Waals surface area contributed by atoms with E-state index in [-0.39, 0.29) is 5.92 Å². The minimum Gasteiger partial charge on any atom is -0.478 e. The first kappa shape index (κ1) is 12.5. The van der Waals surface area contributed by atoms with E-state index < -0.39 is 5.97 Å². The standard InChI is InChI=1S/C17H15NO2/c1-10-13-8-7-12(18)9-14(13)16(15(10)17(19)20)11-5-3-2-4-6-11/h2-9,16H,18H2,1H3,(H,19,20). The Bertz CT molecular complexity index is 717. The number of rotatable bonds is 2. The third kappa shape index (κ3) is 1.79. The Hall–Kier alpha value is -2.55. The molecule has 20 heavy (non-hydrogen) atoms. The van der Waals surface area contributed by atoms with Crippen molar-refractivity contribution in [1.82, 2.24) is 0 Å². The normalized spacial score (nSPS) is 17.1. The highest BCUT2D eigenvalue weighted by atomic mass is 16.4. The number of fused-ring (bicyclic) bond motifs is 1. The molecule has 0 saturated heterocycles. The fourth-order valence-corrected chi connectivity index (χ4v) is 2.95. The molecule has 3 heteroatoms. The number of allylic oxidation sites excluding steroid dienone is 1.